The first-order valence-corrected chi connectivity index (χ1v) is 5.87. The number of nitriles is 1. The molecule has 0 amide bonds. The van der Waals surface area contributed by atoms with Gasteiger partial charge in [-0.1, -0.05) is 0 Å². The number of rotatable bonds is 5. The van der Waals surface area contributed by atoms with Crippen LogP contribution in [0.2, 0.25) is 0 Å². The summed E-state index contributed by atoms with van der Waals surface area (Å²) in [6.07, 6.45) is 1.56. The summed E-state index contributed by atoms with van der Waals surface area (Å²) >= 11 is 0. The first kappa shape index (κ1) is 14.0. The minimum absolute atomic E-state index is 0.0934. The van der Waals surface area contributed by atoms with E-state index in [1.165, 1.54) is 0 Å². The third kappa shape index (κ3) is 3.74. The van der Waals surface area contributed by atoms with E-state index in [1.54, 1.807) is 30.2 Å². The molecule has 1 rings (SSSR count). The van der Waals surface area contributed by atoms with Gasteiger partial charge in [0.15, 0.2) is 0 Å². The summed E-state index contributed by atoms with van der Waals surface area (Å²) in [7, 11) is 0. The van der Waals surface area contributed by atoms with E-state index in [0.29, 0.717) is 18.0 Å². The van der Waals surface area contributed by atoms with Gasteiger partial charge in [0.1, 0.15) is 12.4 Å². The SMILES string of the molecule is CCOC(=O)CN(c1cc(C#N)ccn1)C(C)C. The Labute approximate surface area is 107 Å². The van der Waals surface area contributed by atoms with E-state index in [2.05, 4.69) is 11.1 Å². The van der Waals surface area contributed by atoms with E-state index < -0.39 is 0 Å². The molecular formula is C13H17N3O2. The van der Waals surface area contributed by atoms with Crippen molar-refractivity contribution in [2.45, 2.75) is 26.8 Å². The van der Waals surface area contributed by atoms with Crippen LogP contribution in [0.15, 0.2) is 18.3 Å². The van der Waals surface area contributed by atoms with Crippen molar-refractivity contribution in [3.05, 3.63) is 23.9 Å². The molecule has 0 saturated heterocycles. The van der Waals surface area contributed by atoms with Gasteiger partial charge in [-0.05, 0) is 32.9 Å². The van der Waals surface area contributed by atoms with Crippen LogP contribution >= 0.6 is 0 Å². The second-order valence-electron chi connectivity index (χ2n) is 4.04. The van der Waals surface area contributed by atoms with Crippen molar-refractivity contribution in [3.8, 4) is 6.07 Å². The Morgan fingerprint density at radius 3 is 2.89 bits per heavy atom. The molecule has 1 aromatic rings. The number of nitrogens with zero attached hydrogens (tertiary/aromatic N) is 3. The van der Waals surface area contributed by atoms with Gasteiger partial charge in [-0.25, -0.2) is 4.98 Å². The van der Waals surface area contributed by atoms with Crippen LogP contribution in [0.4, 0.5) is 5.82 Å². The average Bonchev–Trinajstić information content (AvgIpc) is 2.36. The zero-order valence-electron chi connectivity index (χ0n) is 10.9. The van der Waals surface area contributed by atoms with Crippen LogP contribution in [-0.4, -0.2) is 30.1 Å². The zero-order valence-corrected chi connectivity index (χ0v) is 10.9. The van der Waals surface area contributed by atoms with Crippen LogP contribution < -0.4 is 4.90 Å². The van der Waals surface area contributed by atoms with Gasteiger partial charge in [0.25, 0.3) is 0 Å². The van der Waals surface area contributed by atoms with Gasteiger partial charge in [-0.2, -0.15) is 5.26 Å². The highest BCUT2D eigenvalue weighted by molar-refractivity contribution is 5.75. The van der Waals surface area contributed by atoms with Crippen LogP contribution in [0.3, 0.4) is 0 Å². The first-order valence-electron chi connectivity index (χ1n) is 5.87. The van der Waals surface area contributed by atoms with Gasteiger partial charge in [0, 0.05) is 12.2 Å². The minimum atomic E-state index is -0.296. The van der Waals surface area contributed by atoms with Crippen molar-refractivity contribution in [3.63, 3.8) is 0 Å². The van der Waals surface area contributed by atoms with Crippen LogP contribution in [0.5, 0.6) is 0 Å². The highest BCUT2D eigenvalue weighted by Gasteiger charge is 2.16. The number of ether oxygens (including phenoxy) is 1. The molecule has 0 unspecified atom stereocenters. The van der Waals surface area contributed by atoms with Gasteiger partial charge in [-0.3, -0.25) is 4.79 Å². The van der Waals surface area contributed by atoms with Crippen molar-refractivity contribution >= 4 is 11.8 Å². The molecule has 0 aliphatic carbocycles. The Hall–Kier alpha value is -2.09. The molecule has 5 nitrogen and oxygen atoms in total. The molecule has 96 valence electrons. The monoisotopic (exact) mass is 247 g/mol. The van der Waals surface area contributed by atoms with E-state index in [0.717, 1.165) is 0 Å². The predicted octanol–water partition coefficient (Wildman–Crippen LogP) is 1.73. The molecule has 0 aliphatic rings. The van der Waals surface area contributed by atoms with Crippen molar-refractivity contribution in [2.24, 2.45) is 0 Å². The third-order valence-electron chi connectivity index (χ3n) is 2.40. The van der Waals surface area contributed by atoms with E-state index in [-0.39, 0.29) is 18.6 Å². The number of carbonyl (C=O) groups excluding carboxylic acids is 1. The molecule has 0 spiro atoms. The third-order valence-corrected chi connectivity index (χ3v) is 2.40. The van der Waals surface area contributed by atoms with E-state index in [9.17, 15) is 4.79 Å². The molecule has 1 aromatic heterocycles. The summed E-state index contributed by atoms with van der Waals surface area (Å²) < 4.78 is 4.93. The van der Waals surface area contributed by atoms with Crippen molar-refractivity contribution in [1.82, 2.24) is 4.98 Å². The fraction of sp³-hybridized carbons (Fsp3) is 0.462. The lowest BCUT2D eigenvalue weighted by Gasteiger charge is -2.26. The predicted molar refractivity (Wildman–Crippen MR) is 68.1 cm³/mol. The average molecular weight is 247 g/mol. The van der Waals surface area contributed by atoms with Crippen LogP contribution in [0.25, 0.3) is 0 Å². The zero-order chi connectivity index (χ0) is 13.5. The van der Waals surface area contributed by atoms with Gasteiger partial charge in [0.2, 0.25) is 0 Å². The minimum Gasteiger partial charge on any atom is -0.465 e. The lowest BCUT2D eigenvalue weighted by Crippen LogP contribution is -2.37. The molecule has 1 heterocycles. The van der Waals surface area contributed by atoms with Crippen LogP contribution in [-0.2, 0) is 9.53 Å². The van der Waals surface area contributed by atoms with Gasteiger partial charge in [0.05, 0.1) is 18.2 Å². The number of anilines is 1. The summed E-state index contributed by atoms with van der Waals surface area (Å²) in [4.78, 5) is 17.5. The normalized spacial score (nSPS) is 9.94. The second-order valence-corrected chi connectivity index (χ2v) is 4.04. The number of hydrogen-bond acceptors (Lipinski definition) is 5. The number of pyridine rings is 1. The number of hydrogen-bond donors (Lipinski definition) is 0. The van der Waals surface area contributed by atoms with Crippen LogP contribution in [0, 0.1) is 11.3 Å². The lowest BCUT2D eigenvalue weighted by atomic mass is 10.2. The van der Waals surface area contributed by atoms with Gasteiger partial charge >= 0.3 is 5.97 Å². The van der Waals surface area contributed by atoms with Gasteiger partial charge in [-0.15, -0.1) is 0 Å². The molecule has 0 N–H and O–H groups in total. The fourth-order valence-electron chi connectivity index (χ4n) is 1.52. The summed E-state index contributed by atoms with van der Waals surface area (Å²) in [5.41, 5.74) is 0.523. The topological polar surface area (TPSA) is 66.2 Å². The lowest BCUT2D eigenvalue weighted by molar-refractivity contribution is -0.141. The van der Waals surface area contributed by atoms with E-state index >= 15 is 0 Å². The molecule has 0 atom stereocenters. The van der Waals surface area contributed by atoms with Crippen molar-refractivity contribution < 1.29 is 9.53 Å². The summed E-state index contributed by atoms with van der Waals surface area (Å²) in [6.45, 7) is 6.18. The molecule has 0 aliphatic heterocycles. The van der Waals surface area contributed by atoms with Crippen molar-refractivity contribution in [1.29, 1.82) is 5.26 Å². The summed E-state index contributed by atoms with van der Waals surface area (Å²) in [5, 5.41) is 8.86. The summed E-state index contributed by atoms with van der Waals surface area (Å²) in [5.74, 6) is 0.312. The number of carbonyl (C=O) groups is 1. The Bertz CT molecular complexity index is 452. The molecule has 18 heavy (non-hydrogen) atoms. The Morgan fingerprint density at radius 2 is 2.33 bits per heavy atom. The maximum atomic E-state index is 11.5. The molecule has 0 radical (unpaired) electrons. The number of esters is 1. The Balaban J connectivity index is 2.91. The quantitative estimate of drug-likeness (QED) is 0.741. The smallest absolute Gasteiger partial charge is 0.325 e. The van der Waals surface area contributed by atoms with E-state index in [1.807, 2.05) is 13.8 Å². The summed E-state index contributed by atoms with van der Waals surface area (Å²) in [6, 6.07) is 5.45. The molecule has 0 fully saturated rings. The van der Waals surface area contributed by atoms with E-state index in [4.69, 9.17) is 10.00 Å². The molecule has 0 aromatic carbocycles. The van der Waals surface area contributed by atoms with Crippen molar-refractivity contribution in [2.75, 3.05) is 18.1 Å². The van der Waals surface area contributed by atoms with Crippen LogP contribution in [0.1, 0.15) is 26.3 Å². The Kier molecular flexibility index (Phi) is 5.12. The molecular weight excluding hydrogens is 230 g/mol. The Morgan fingerprint density at radius 1 is 1.61 bits per heavy atom. The molecule has 0 bridgehead atoms. The molecule has 5 heteroatoms. The molecule has 0 saturated carbocycles. The highest BCUT2D eigenvalue weighted by atomic mass is 16.5. The fourth-order valence-corrected chi connectivity index (χ4v) is 1.52. The number of aromatic nitrogens is 1. The standard InChI is InChI=1S/C13H17N3O2/c1-4-18-13(17)9-16(10(2)3)12-7-11(8-14)5-6-15-12/h5-7,10H,4,9H2,1-3H3. The van der Waals surface area contributed by atoms with Gasteiger partial charge < -0.3 is 9.64 Å². The first-order chi connectivity index (χ1) is 8.58. The second kappa shape index (κ2) is 6.60. The maximum Gasteiger partial charge on any atom is 0.325 e. The maximum absolute atomic E-state index is 11.5. The largest absolute Gasteiger partial charge is 0.465 e. The highest BCUT2D eigenvalue weighted by Crippen LogP contribution is 2.15.